The van der Waals surface area contributed by atoms with Crippen LogP contribution in [0.25, 0.3) is 38.8 Å². The molecule has 0 bridgehead atoms. The van der Waals surface area contributed by atoms with E-state index in [0.29, 0.717) is 34.4 Å². The van der Waals surface area contributed by atoms with Gasteiger partial charge >= 0.3 is 0 Å². The van der Waals surface area contributed by atoms with Gasteiger partial charge in [-0.15, -0.1) is 0 Å². The van der Waals surface area contributed by atoms with Crippen LogP contribution in [0.2, 0.25) is 5.02 Å². The second kappa shape index (κ2) is 7.85. The first-order chi connectivity index (χ1) is 15.1. The topological polar surface area (TPSA) is 57.0 Å². The van der Waals surface area contributed by atoms with E-state index in [9.17, 15) is 4.79 Å². The molecule has 0 amide bonds. The van der Waals surface area contributed by atoms with Crippen LogP contribution < -0.4 is 10.3 Å². The van der Waals surface area contributed by atoms with Gasteiger partial charge in [0.2, 0.25) is 5.88 Å². The Hall–Kier alpha value is -3.70. The lowest BCUT2D eigenvalue weighted by molar-refractivity contribution is 0.328. The molecule has 0 fully saturated rings. The Morgan fingerprint density at radius 3 is 2.61 bits per heavy atom. The molecule has 5 rings (SSSR count). The molecule has 5 nitrogen and oxygen atoms in total. The Morgan fingerprint density at radius 1 is 0.968 bits per heavy atom. The van der Waals surface area contributed by atoms with Gasteiger partial charge in [0, 0.05) is 33.6 Å². The van der Waals surface area contributed by atoms with Gasteiger partial charge in [-0.05, 0) is 67.1 Å². The van der Waals surface area contributed by atoms with Crippen molar-refractivity contribution in [1.82, 2.24) is 14.5 Å². The van der Waals surface area contributed by atoms with Crippen molar-refractivity contribution < 1.29 is 4.74 Å². The number of fused-ring (bicyclic) bond motifs is 2. The van der Waals surface area contributed by atoms with Gasteiger partial charge in [0.05, 0.1) is 17.8 Å². The van der Waals surface area contributed by atoms with Crippen molar-refractivity contribution in [1.29, 1.82) is 0 Å². The average molecular weight is 428 g/mol. The third-order valence-electron chi connectivity index (χ3n) is 5.12. The van der Waals surface area contributed by atoms with Gasteiger partial charge in [-0.3, -0.25) is 14.3 Å². The number of halogens is 1. The number of nitrogens with zero attached hydrogens (tertiary/aromatic N) is 3. The molecule has 152 valence electrons. The highest BCUT2D eigenvalue weighted by molar-refractivity contribution is 6.30. The highest BCUT2D eigenvalue weighted by Crippen LogP contribution is 2.26. The lowest BCUT2D eigenvalue weighted by Crippen LogP contribution is -2.21. The molecule has 0 atom stereocenters. The molecule has 0 aliphatic heterocycles. The number of rotatable bonds is 4. The maximum atomic E-state index is 13.7. The summed E-state index contributed by atoms with van der Waals surface area (Å²) in [5.74, 6) is 0.474. The van der Waals surface area contributed by atoms with Gasteiger partial charge in [0.25, 0.3) is 5.56 Å². The Bertz CT molecular complexity index is 1480. The van der Waals surface area contributed by atoms with Gasteiger partial charge in [0.15, 0.2) is 5.65 Å². The van der Waals surface area contributed by atoms with Crippen LogP contribution in [0.15, 0.2) is 83.8 Å². The van der Waals surface area contributed by atoms with E-state index < -0.39 is 0 Å². The zero-order chi connectivity index (χ0) is 21.4. The lowest BCUT2D eigenvalue weighted by Gasteiger charge is -2.14. The van der Waals surface area contributed by atoms with Crippen LogP contribution in [-0.4, -0.2) is 21.1 Å². The van der Waals surface area contributed by atoms with E-state index in [2.05, 4.69) is 9.97 Å². The van der Waals surface area contributed by atoms with Crippen LogP contribution in [0.3, 0.4) is 0 Å². The molecule has 0 N–H and O–H groups in total. The number of hydrogen-bond donors (Lipinski definition) is 0. The van der Waals surface area contributed by atoms with Crippen molar-refractivity contribution in [3.8, 4) is 22.7 Å². The minimum atomic E-state index is -0.167. The molecule has 0 radical (unpaired) electrons. The predicted octanol–water partition coefficient (Wildman–Crippen LogP) is 5.65. The third kappa shape index (κ3) is 3.53. The molecule has 31 heavy (non-hydrogen) atoms. The van der Waals surface area contributed by atoms with E-state index in [4.69, 9.17) is 16.3 Å². The minimum Gasteiger partial charge on any atom is -0.478 e. The first kappa shape index (κ1) is 19.3. The van der Waals surface area contributed by atoms with E-state index in [1.54, 1.807) is 22.9 Å². The zero-order valence-electron chi connectivity index (χ0n) is 16.7. The number of pyridine rings is 3. The molecule has 0 aliphatic rings. The summed E-state index contributed by atoms with van der Waals surface area (Å²) in [5, 5.41) is 2.41. The van der Waals surface area contributed by atoms with Crippen molar-refractivity contribution in [3.63, 3.8) is 0 Å². The molecule has 6 heteroatoms. The summed E-state index contributed by atoms with van der Waals surface area (Å²) in [6.07, 6.45) is 1.76. The largest absolute Gasteiger partial charge is 0.478 e. The van der Waals surface area contributed by atoms with Crippen molar-refractivity contribution in [2.24, 2.45) is 0 Å². The van der Waals surface area contributed by atoms with Crippen LogP contribution in [0, 0.1) is 0 Å². The Balaban J connectivity index is 1.81. The van der Waals surface area contributed by atoms with Gasteiger partial charge < -0.3 is 4.74 Å². The maximum absolute atomic E-state index is 13.7. The van der Waals surface area contributed by atoms with E-state index in [-0.39, 0.29) is 5.56 Å². The molecular weight excluding hydrogens is 410 g/mol. The van der Waals surface area contributed by atoms with E-state index in [1.807, 2.05) is 67.6 Å². The molecule has 0 saturated heterocycles. The highest BCUT2D eigenvalue weighted by Gasteiger charge is 2.15. The highest BCUT2D eigenvalue weighted by atomic mass is 35.5. The van der Waals surface area contributed by atoms with Crippen LogP contribution in [-0.2, 0) is 0 Å². The number of benzene rings is 2. The average Bonchev–Trinajstić information content (AvgIpc) is 2.79. The summed E-state index contributed by atoms with van der Waals surface area (Å²) in [5.41, 5.74) is 3.34. The maximum Gasteiger partial charge on any atom is 0.264 e. The normalized spacial score (nSPS) is 11.2. The van der Waals surface area contributed by atoms with Crippen molar-refractivity contribution in [3.05, 3.63) is 94.4 Å². The van der Waals surface area contributed by atoms with Crippen molar-refractivity contribution >= 4 is 33.5 Å². The van der Waals surface area contributed by atoms with Gasteiger partial charge in [-0.2, -0.15) is 4.98 Å². The zero-order valence-corrected chi connectivity index (χ0v) is 17.5. The fourth-order valence-corrected chi connectivity index (χ4v) is 3.80. The van der Waals surface area contributed by atoms with Crippen LogP contribution >= 0.6 is 11.6 Å². The summed E-state index contributed by atoms with van der Waals surface area (Å²) in [7, 11) is 0. The summed E-state index contributed by atoms with van der Waals surface area (Å²) >= 11 is 6.08. The smallest absolute Gasteiger partial charge is 0.264 e. The fraction of sp³-hybridized carbons (Fsp3) is 0.0800. The molecule has 0 spiro atoms. The standard InChI is InChI=1S/C25H18ClN3O2/c1-2-31-23-12-6-18-15-21(16-5-11-22-17(14-16)4-3-13-27-22)25(30)29(24(18)28-23)20-9-7-19(26)8-10-20/h3-15H,2H2,1H3. The SMILES string of the molecule is CCOc1ccc2cc(-c3ccc4ncccc4c3)c(=O)n(-c3ccc(Cl)cc3)c2n1. The molecule has 3 aromatic heterocycles. The number of hydrogen-bond acceptors (Lipinski definition) is 4. The molecule has 0 aliphatic carbocycles. The van der Waals surface area contributed by atoms with E-state index >= 15 is 0 Å². The summed E-state index contributed by atoms with van der Waals surface area (Å²) < 4.78 is 7.18. The monoisotopic (exact) mass is 427 g/mol. The summed E-state index contributed by atoms with van der Waals surface area (Å²) in [6, 6.07) is 22.5. The van der Waals surface area contributed by atoms with E-state index in [1.165, 1.54) is 0 Å². The number of aromatic nitrogens is 3. The first-order valence-corrected chi connectivity index (χ1v) is 10.3. The Morgan fingerprint density at radius 2 is 1.81 bits per heavy atom. The predicted molar refractivity (Wildman–Crippen MR) is 124 cm³/mol. The van der Waals surface area contributed by atoms with Crippen molar-refractivity contribution in [2.75, 3.05) is 6.61 Å². The van der Waals surface area contributed by atoms with Gasteiger partial charge in [-0.25, -0.2) is 0 Å². The second-order valence-electron chi connectivity index (χ2n) is 7.08. The molecule has 0 unspecified atom stereocenters. The Labute approximate surface area is 183 Å². The van der Waals surface area contributed by atoms with Gasteiger partial charge in [-0.1, -0.05) is 23.7 Å². The Kier molecular flexibility index (Phi) is 4.88. The summed E-state index contributed by atoms with van der Waals surface area (Å²) in [6.45, 7) is 2.39. The van der Waals surface area contributed by atoms with Crippen LogP contribution in [0.4, 0.5) is 0 Å². The fourth-order valence-electron chi connectivity index (χ4n) is 3.68. The van der Waals surface area contributed by atoms with E-state index in [0.717, 1.165) is 21.9 Å². The molecule has 0 saturated carbocycles. The first-order valence-electron chi connectivity index (χ1n) is 9.95. The molecule has 3 heterocycles. The third-order valence-corrected chi connectivity index (χ3v) is 5.37. The molecule has 2 aromatic carbocycles. The van der Waals surface area contributed by atoms with Crippen LogP contribution in [0.5, 0.6) is 5.88 Å². The van der Waals surface area contributed by atoms with Crippen molar-refractivity contribution in [2.45, 2.75) is 6.92 Å². The lowest BCUT2D eigenvalue weighted by atomic mass is 10.0. The molecule has 5 aromatic rings. The summed E-state index contributed by atoms with van der Waals surface area (Å²) in [4.78, 5) is 22.7. The second-order valence-corrected chi connectivity index (χ2v) is 7.52. The quantitative estimate of drug-likeness (QED) is 0.371. The minimum absolute atomic E-state index is 0.167. The molecular formula is C25H18ClN3O2. The van der Waals surface area contributed by atoms with Gasteiger partial charge in [0.1, 0.15) is 0 Å². The number of ether oxygens (including phenoxy) is 1. The van der Waals surface area contributed by atoms with Crippen LogP contribution in [0.1, 0.15) is 6.92 Å².